The highest BCUT2D eigenvalue weighted by molar-refractivity contribution is 5.85. The second kappa shape index (κ2) is 10.3. The molecular weight excluding hydrogens is 512 g/mol. The smallest absolute Gasteiger partial charge is 0.306 e. The number of aliphatic carboxylic acids is 1. The van der Waals surface area contributed by atoms with Gasteiger partial charge in [-0.2, -0.15) is 4.98 Å². The summed E-state index contributed by atoms with van der Waals surface area (Å²) < 4.78 is 34.2. The van der Waals surface area contributed by atoms with E-state index in [4.69, 9.17) is 9.63 Å². The Bertz CT molecular complexity index is 1520. The first-order valence-corrected chi connectivity index (χ1v) is 12.4. The van der Waals surface area contributed by atoms with Crippen LogP contribution in [0.1, 0.15) is 42.0 Å². The molecule has 1 atom stereocenters. The number of aromatic nitrogens is 2. The molecule has 1 fully saturated rings. The number of carboxylic acid groups (broad SMARTS) is 1. The van der Waals surface area contributed by atoms with Gasteiger partial charge in [0.1, 0.15) is 11.6 Å². The van der Waals surface area contributed by atoms with E-state index in [-0.39, 0.29) is 47.7 Å². The fourth-order valence-corrected chi connectivity index (χ4v) is 5.43. The standard InChI is InChI=1S/C29H25F2N3O3.ClH/c1-15-9-24(25(31)14-23(15)16-3-2-4-20(30)11-16)28-33-27(34-37-28)18-5-7-22-17(10-18)6-8-26(22)32-21-12-19(13-21)29(35)36;/h2-5,7,9-11,14,19,21,26,32H,6,8,12-13H2,1H3,(H,35,36);1H. The van der Waals surface area contributed by atoms with E-state index >= 15 is 4.39 Å². The van der Waals surface area contributed by atoms with Crippen LogP contribution in [0.15, 0.2) is 59.1 Å². The highest BCUT2D eigenvalue weighted by Crippen LogP contribution is 2.38. The molecular formula is C29H26ClF2N3O3. The summed E-state index contributed by atoms with van der Waals surface area (Å²) >= 11 is 0. The van der Waals surface area contributed by atoms with Crippen molar-refractivity contribution < 1.29 is 23.2 Å². The van der Waals surface area contributed by atoms with Gasteiger partial charge in [-0.1, -0.05) is 29.4 Å². The molecule has 0 amide bonds. The molecule has 1 saturated carbocycles. The Kier molecular flexibility index (Phi) is 7.03. The Morgan fingerprint density at radius 1 is 1.05 bits per heavy atom. The number of nitrogens with zero attached hydrogens (tertiary/aromatic N) is 2. The normalized spacial score (nSPS) is 19.9. The largest absolute Gasteiger partial charge is 0.481 e. The second-order valence-corrected chi connectivity index (χ2v) is 9.96. The van der Waals surface area contributed by atoms with Crippen molar-refractivity contribution in [3.63, 3.8) is 0 Å². The molecule has 2 N–H and O–H groups in total. The first-order chi connectivity index (χ1) is 17.9. The lowest BCUT2D eigenvalue weighted by atomic mass is 9.80. The third-order valence-corrected chi connectivity index (χ3v) is 7.51. The fraction of sp³-hybridized carbons (Fsp3) is 0.276. The van der Waals surface area contributed by atoms with Gasteiger partial charge in [-0.25, -0.2) is 8.78 Å². The number of carboxylic acids is 1. The van der Waals surface area contributed by atoms with Crippen LogP contribution in [-0.2, 0) is 11.2 Å². The maximum Gasteiger partial charge on any atom is 0.306 e. The summed E-state index contributed by atoms with van der Waals surface area (Å²) in [7, 11) is 0. The molecule has 1 heterocycles. The van der Waals surface area contributed by atoms with Crippen molar-refractivity contribution in [3.05, 3.63) is 82.9 Å². The molecule has 1 unspecified atom stereocenters. The van der Waals surface area contributed by atoms with Crippen LogP contribution in [0.4, 0.5) is 8.78 Å². The maximum atomic E-state index is 15.1. The fourth-order valence-electron chi connectivity index (χ4n) is 5.43. The summed E-state index contributed by atoms with van der Waals surface area (Å²) in [6.45, 7) is 1.83. The Morgan fingerprint density at radius 2 is 1.87 bits per heavy atom. The molecule has 0 bridgehead atoms. The summed E-state index contributed by atoms with van der Waals surface area (Å²) in [5.74, 6) is -1.40. The van der Waals surface area contributed by atoms with Crippen LogP contribution in [-0.4, -0.2) is 27.3 Å². The molecule has 0 saturated heterocycles. The van der Waals surface area contributed by atoms with Gasteiger partial charge in [0, 0.05) is 17.6 Å². The van der Waals surface area contributed by atoms with Crippen molar-refractivity contribution in [1.82, 2.24) is 15.5 Å². The average molecular weight is 538 g/mol. The molecule has 0 aliphatic heterocycles. The third-order valence-electron chi connectivity index (χ3n) is 7.51. The molecule has 9 heteroatoms. The van der Waals surface area contributed by atoms with Crippen LogP contribution >= 0.6 is 12.4 Å². The zero-order valence-corrected chi connectivity index (χ0v) is 21.4. The molecule has 0 radical (unpaired) electrons. The first kappa shape index (κ1) is 26.0. The van der Waals surface area contributed by atoms with Crippen molar-refractivity contribution in [2.45, 2.75) is 44.7 Å². The quantitative estimate of drug-likeness (QED) is 0.291. The van der Waals surface area contributed by atoms with Gasteiger partial charge in [0.15, 0.2) is 0 Å². The summed E-state index contributed by atoms with van der Waals surface area (Å²) in [6.07, 6.45) is 3.19. The van der Waals surface area contributed by atoms with E-state index in [0.717, 1.165) is 24.0 Å². The minimum Gasteiger partial charge on any atom is -0.481 e. The molecule has 6 rings (SSSR count). The first-order valence-electron chi connectivity index (χ1n) is 12.4. The second-order valence-electron chi connectivity index (χ2n) is 9.96. The number of nitrogens with one attached hydrogen (secondary N) is 1. The average Bonchev–Trinajstić information content (AvgIpc) is 3.49. The molecule has 2 aliphatic rings. The Balaban J connectivity index is 0.00000294. The van der Waals surface area contributed by atoms with Crippen molar-refractivity contribution >= 4 is 18.4 Å². The Morgan fingerprint density at radius 3 is 2.63 bits per heavy atom. The van der Waals surface area contributed by atoms with Crippen LogP contribution in [0, 0.1) is 24.5 Å². The third kappa shape index (κ3) is 4.81. The van der Waals surface area contributed by atoms with Gasteiger partial charge in [0.25, 0.3) is 5.89 Å². The number of benzene rings is 3. The van der Waals surface area contributed by atoms with Crippen molar-refractivity contribution in [3.8, 4) is 34.0 Å². The number of rotatable bonds is 6. The van der Waals surface area contributed by atoms with Gasteiger partial charge < -0.3 is 14.9 Å². The topological polar surface area (TPSA) is 88.2 Å². The van der Waals surface area contributed by atoms with E-state index in [1.807, 2.05) is 19.1 Å². The van der Waals surface area contributed by atoms with Crippen LogP contribution in [0.3, 0.4) is 0 Å². The van der Waals surface area contributed by atoms with E-state index in [1.54, 1.807) is 18.2 Å². The van der Waals surface area contributed by atoms with E-state index in [2.05, 4.69) is 21.5 Å². The van der Waals surface area contributed by atoms with Crippen LogP contribution < -0.4 is 5.32 Å². The highest BCUT2D eigenvalue weighted by atomic mass is 35.5. The SMILES string of the molecule is Cc1cc(-c2nc(-c3ccc4c(c3)CCC4NC3CC(C(=O)O)C3)no2)c(F)cc1-c1cccc(F)c1.Cl. The van der Waals surface area contributed by atoms with E-state index < -0.39 is 11.8 Å². The Hall–Kier alpha value is -3.62. The van der Waals surface area contributed by atoms with Gasteiger partial charge in [0.2, 0.25) is 5.82 Å². The monoisotopic (exact) mass is 537 g/mol. The van der Waals surface area contributed by atoms with Gasteiger partial charge in [-0.15, -0.1) is 12.4 Å². The van der Waals surface area contributed by atoms with Gasteiger partial charge in [0.05, 0.1) is 11.5 Å². The lowest BCUT2D eigenvalue weighted by molar-refractivity contribution is -0.145. The van der Waals surface area contributed by atoms with Crippen LogP contribution in [0.5, 0.6) is 0 Å². The zero-order valence-electron chi connectivity index (χ0n) is 20.6. The molecule has 4 aromatic rings. The van der Waals surface area contributed by atoms with Crippen molar-refractivity contribution in [2.24, 2.45) is 5.92 Å². The lowest BCUT2D eigenvalue weighted by Gasteiger charge is -2.35. The predicted octanol–water partition coefficient (Wildman–Crippen LogP) is 6.52. The van der Waals surface area contributed by atoms with E-state index in [1.165, 1.54) is 29.3 Å². The lowest BCUT2D eigenvalue weighted by Crippen LogP contribution is -2.45. The number of hydrogen-bond donors (Lipinski definition) is 2. The van der Waals surface area contributed by atoms with Crippen LogP contribution in [0.25, 0.3) is 34.0 Å². The molecule has 0 spiro atoms. The molecule has 38 heavy (non-hydrogen) atoms. The van der Waals surface area contributed by atoms with Gasteiger partial charge >= 0.3 is 5.97 Å². The number of halogens is 3. The summed E-state index contributed by atoms with van der Waals surface area (Å²) in [6, 6.07) is 15.5. The minimum atomic E-state index is -0.716. The number of fused-ring (bicyclic) bond motifs is 1. The maximum absolute atomic E-state index is 15.1. The van der Waals surface area contributed by atoms with E-state index in [0.29, 0.717) is 29.8 Å². The van der Waals surface area contributed by atoms with Crippen molar-refractivity contribution in [2.75, 3.05) is 0 Å². The van der Waals surface area contributed by atoms with Crippen LogP contribution in [0.2, 0.25) is 0 Å². The molecule has 6 nitrogen and oxygen atoms in total. The van der Waals surface area contributed by atoms with Gasteiger partial charge in [-0.05, 0) is 90.8 Å². The van der Waals surface area contributed by atoms with E-state index in [9.17, 15) is 9.18 Å². The Labute approximate surface area is 224 Å². The summed E-state index contributed by atoms with van der Waals surface area (Å²) in [5, 5.41) is 16.8. The zero-order chi connectivity index (χ0) is 25.7. The van der Waals surface area contributed by atoms with Crippen molar-refractivity contribution in [1.29, 1.82) is 0 Å². The summed E-state index contributed by atoms with van der Waals surface area (Å²) in [4.78, 5) is 15.5. The molecule has 196 valence electrons. The molecule has 3 aromatic carbocycles. The number of aryl methyl sites for hydroxylation is 2. The highest BCUT2D eigenvalue weighted by Gasteiger charge is 2.36. The summed E-state index contributed by atoms with van der Waals surface area (Å²) in [5.41, 5.74) is 5.35. The number of hydrogen-bond acceptors (Lipinski definition) is 5. The van der Waals surface area contributed by atoms with Gasteiger partial charge in [-0.3, -0.25) is 4.79 Å². The number of carbonyl (C=O) groups is 1. The molecule has 1 aromatic heterocycles. The predicted molar refractivity (Wildman–Crippen MR) is 141 cm³/mol. The molecule has 2 aliphatic carbocycles. The minimum absolute atomic E-state index is 0.